The van der Waals surface area contributed by atoms with Crippen LogP contribution in [0.3, 0.4) is 0 Å². The highest BCUT2D eigenvalue weighted by Crippen LogP contribution is 2.13. The standard InChI is InChI=1S/C14H27N3O4/c1-10(15-13(21)14(2,3)4)12(20)17(9-11(18)19)8-7-16(5)6/h10H,7-9H2,1-6H3,(H,15,21)(H,18,19). The van der Waals surface area contributed by atoms with Gasteiger partial charge in [-0.1, -0.05) is 20.8 Å². The van der Waals surface area contributed by atoms with Crippen molar-refractivity contribution in [2.24, 2.45) is 5.41 Å². The first-order chi connectivity index (χ1) is 9.45. The van der Waals surface area contributed by atoms with Crippen LogP contribution in [0.15, 0.2) is 0 Å². The fourth-order valence-electron chi connectivity index (χ4n) is 1.50. The zero-order chi connectivity index (χ0) is 16.8. The smallest absolute Gasteiger partial charge is 0.323 e. The summed E-state index contributed by atoms with van der Waals surface area (Å²) in [5.41, 5.74) is -0.601. The molecule has 7 nitrogen and oxygen atoms in total. The maximum absolute atomic E-state index is 12.3. The second-order valence-electron chi connectivity index (χ2n) is 6.40. The molecule has 0 aromatic rings. The third-order valence-corrected chi connectivity index (χ3v) is 2.85. The van der Waals surface area contributed by atoms with Crippen molar-refractivity contribution in [2.45, 2.75) is 33.7 Å². The van der Waals surface area contributed by atoms with Crippen LogP contribution < -0.4 is 5.32 Å². The first kappa shape index (κ1) is 19.4. The fraction of sp³-hybridized carbons (Fsp3) is 0.786. The summed E-state index contributed by atoms with van der Waals surface area (Å²) in [7, 11) is 3.68. The minimum absolute atomic E-state index is 0.244. The lowest BCUT2D eigenvalue weighted by atomic mass is 9.95. The van der Waals surface area contributed by atoms with Gasteiger partial charge in [-0.2, -0.15) is 0 Å². The number of likely N-dealkylation sites (N-methyl/N-ethyl adjacent to an activating group) is 1. The summed E-state index contributed by atoms with van der Waals surface area (Å²) >= 11 is 0. The van der Waals surface area contributed by atoms with Gasteiger partial charge in [0, 0.05) is 18.5 Å². The molecule has 0 aliphatic rings. The lowest BCUT2D eigenvalue weighted by molar-refractivity contribution is -0.146. The Morgan fingerprint density at radius 1 is 1.14 bits per heavy atom. The van der Waals surface area contributed by atoms with E-state index in [9.17, 15) is 14.4 Å². The van der Waals surface area contributed by atoms with Gasteiger partial charge in [0.2, 0.25) is 11.8 Å². The topological polar surface area (TPSA) is 90.0 Å². The third kappa shape index (κ3) is 7.65. The van der Waals surface area contributed by atoms with E-state index < -0.39 is 23.3 Å². The van der Waals surface area contributed by atoms with Crippen LogP contribution in [0.2, 0.25) is 0 Å². The predicted octanol–water partition coefficient (Wildman–Crippen LogP) is 0.0120. The second kappa shape index (κ2) is 7.97. The number of hydrogen-bond acceptors (Lipinski definition) is 4. The predicted molar refractivity (Wildman–Crippen MR) is 79.8 cm³/mol. The number of amides is 2. The molecule has 7 heteroatoms. The van der Waals surface area contributed by atoms with Crippen LogP contribution in [-0.4, -0.2) is 72.5 Å². The maximum Gasteiger partial charge on any atom is 0.323 e. The van der Waals surface area contributed by atoms with Gasteiger partial charge in [-0.25, -0.2) is 0 Å². The molecule has 1 atom stereocenters. The number of carboxylic acids is 1. The number of nitrogens with zero attached hydrogens (tertiary/aromatic N) is 2. The van der Waals surface area contributed by atoms with Crippen molar-refractivity contribution in [3.05, 3.63) is 0 Å². The van der Waals surface area contributed by atoms with Crippen molar-refractivity contribution in [3.63, 3.8) is 0 Å². The van der Waals surface area contributed by atoms with E-state index in [0.29, 0.717) is 13.1 Å². The molecule has 0 spiro atoms. The van der Waals surface area contributed by atoms with Gasteiger partial charge in [0.15, 0.2) is 0 Å². The maximum atomic E-state index is 12.3. The van der Waals surface area contributed by atoms with E-state index in [2.05, 4.69) is 5.32 Å². The van der Waals surface area contributed by atoms with E-state index in [4.69, 9.17) is 5.11 Å². The average molecular weight is 301 g/mol. The molecule has 0 saturated heterocycles. The number of carboxylic acid groups (broad SMARTS) is 1. The van der Waals surface area contributed by atoms with Gasteiger partial charge in [-0.15, -0.1) is 0 Å². The SMILES string of the molecule is CC(NC(=O)C(C)(C)C)C(=O)N(CCN(C)C)CC(=O)O. The molecule has 0 radical (unpaired) electrons. The van der Waals surface area contributed by atoms with Gasteiger partial charge in [0.25, 0.3) is 0 Å². The van der Waals surface area contributed by atoms with Crippen LogP contribution in [0.25, 0.3) is 0 Å². The van der Waals surface area contributed by atoms with Crippen LogP contribution in [0.1, 0.15) is 27.7 Å². The number of carbonyl (C=O) groups excluding carboxylic acids is 2. The van der Waals surface area contributed by atoms with Gasteiger partial charge < -0.3 is 20.2 Å². The largest absolute Gasteiger partial charge is 0.480 e. The van der Waals surface area contributed by atoms with E-state index in [1.54, 1.807) is 27.7 Å². The molecule has 0 heterocycles. The summed E-state index contributed by atoms with van der Waals surface area (Å²) in [6.07, 6.45) is 0. The molecule has 0 aliphatic carbocycles. The molecule has 122 valence electrons. The minimum Gasteiger partial charge on any atom is -0.480 e. The van der Waals surface area contributed by atoms with Crippen molar-refractivity contribution < 1.29 is 19.5 Å². The molecule has 0 rings (SSSR count). The summed E-state index contributed by atoms with van der Waals surface area (Å²) in [5.74, 6) is -1.71. The van der Waals surface area contributed by atoms with Crippen LogP contribution in [0, 0.1) is 5.41 Å². The van der Waals surface area contributed by atoms with E-state index in [-0.39, 0.29) is 12.5 Å². The number of carbonyl (C=O) groups is 3. The molecule has 2 N–H and O–H groups in total. The van der Waals surface area contributed by atoms with Gasteiger partial charge in [0.1, 0.15) is 12.6 Å². The molecule has 0 aromatic heterocycles. The molecule has 0 aromatic carbocycles. The van der Waals surface area contributed by atoms with Crippen LogP contribution >= 0.6 is 0 Å². The first-order valence-corrected chi connectivity index (χ1v) is 6.91. The van der Waals surface area contributed by atoms with E-state index in [0.717, 1.165) is 0 Å². The average Bonchev–Trinajstić information content (AvgIpc) is 2.31. The molecular weight excluding hydrogens is 274 g/mol. The number of rotatable bonds is 7. The Kier molecular flexibility index (Phi) is 7.35. The van der Waals surface area contributed by atoms with Crippen molar-refractivity contribution in [1.29, 1.82) is 0 Å². The zero-order valence-corrected chi connectivity index (χ0v) is 13.8. The Morgan fingerprint density at radius 3 is 2.05 bits per heavy atom. The van der Waals surface area contributed by atoms with Gasteiger partial charge in [0.05, 0.1) is 0 Å². The molecule has 0 aliphatic heterocycles. The monoisotopic (exact) mass is 301 g/mol. The minimum atomic E-state index is -1.07. The molecule has 0 bridgehead atoms. The molecule has 0 fully saturated rings. The quantitative estimate of drug-likeness (QED) is 0.691. The Morgan fingerprint density at radius 2 is 1.67 bits per heavy atom. The lowest BCUT2D eigenvalue weighted by Gasteiger charge is -2.27. The number of nitrogens with one attached hydrogen (secondary N) is 1. The summed E-state index contributed by atoms with van der Waals surface area (Å²) in [5, 5.41) is 11.5. The summed E-state index contributed by atoms with van der Waals surface area (Å²) in [6.45, 7) is 7.30. The van der Waals surface area contributed by atoms with Gasteiger partial charge in [-0.05, 0) is 21.0 Å². The van der Waals surface area contributed by atoms with E-state index in [1.807, 2.05) is 19.0 Å². The second-order valence-corrected chi connectivity index (χ2v) is 6.40. The van der Waals surface area contributed by atoms with Crippen molar-refractivity contribution in [3.8, 4) is 0 Å². The van der Waals surface area contributed by atoms with Crippen molar-refractivity contribution in [1.82, 2.24) is 15.1 Å². The Hall–Kier alpha value is -1.63. The third-order valence-electron chi connectivity index (χ3n) is 2.85. The van der Waals surface area contributed by atoms with Crippen molar-refractivity contribution in [2.75, 3.05) is 33.7 Å². The lowest BCUT2D eigenvalue weighted by Crippen LogP contribution is -2.51. The highest BCUT2D eigenvalue weighted by Gasteiger charge is 2.28. The highest BCUT2D eigenvalue weighted by molar-refractivity contribution is 5.90. The van der Waals surface area contributed by atoms with Crippen molar-refractivity contribution >= 4 is 17.8 Å². The Balaban J connectivity index is 4.77. The summed E-state index contributed by atoms with van der Waals surface area (Å²) in [6, 6.07) is -0.752. The summed E-state index contributed by atoms with van der Waals surface area (Å²) < 4.78 is 0. The Bertz CT molecular complexity index is 388. The molecule has 21 heavy (non-hydrogen) atoms. The van der Waals surface area contributed by atoms with E-state index >= 15 is 0 Å². The van der Waals surface area contributed by atoms with Gasteiger partial charge >= 0.3 is 5.97 Å². The number of hydrogen-bond donors (Lipinski definition) is 2. The first-order valence-electron chi connectivity index (χ1n) is 6.91. The van der Waals surface area contributed by atoms with E-state index in [1.165, 1.54) is 4.90 Å². The number of aliphatic carboxylic acids is 1. The summed E-state index contributed by atoms with van der Waals surface area (Å²) in [4.78, 5) is 38.1. The Labute approximate surface area is 126 Å². The highest BCUT2D eigenvalue weighted by atomic mass is 16.4. The molecule has 0 saturated carbocycles. The normalized spacial score (nSPS) is 12.9. The molecule has 1 unspecified atom stereocenters. The van der Waals surface area contributed by atoms with Gasteiger partial charge in [-0.3, -0.25) is 14.4 Å². The zero-order valence-electron chi connectivity index (χ0n) is 13.8. The van der Waals surface area contributed by atoms with Crippen LogP contribution in [0.5, 0.6) is 0 Å². The fourth-order valence-corrected chi connectivity index (χ4v) is 1.50. The van der Waals surface area contributed by atoms with Crippen LogP contribution in [-0.2, 0) is 14.4 Å². The van der Waals surface area contributed by atoms with Crippen LogP contribution in [0.4, 0.5) is 0 Å². The molecular formula is C14H27N3O4. The molecule has 2 amide bonds.